The van der Waals surface area contributed by atoms with Crippen LogP contribution in [0, 0.1) is 11.8 Å². The summed E-state index contributed by atoms with van der Waals surface area (Å²) in [5.41, 5.74) is 0. The van der Waals surface area contributed by atoms with Gasteiger partial charge in [-0.05, 0) is 44.6 Å². The first-order valence-corrected chi connectivity index (χ1v) is 6.54. The molecule has 0 aromatic carbocycles. The Kier molecular flexibility index (Phi) is 3.53. The van der Waals surface area contributed by atoms with E-state index in [1.165, 1.54) is 25.7 Å². The van der Waals surface area contributed by atoms with Gasteiger partial charge in [-0.2, -0.15) is 0 Å². The lowest BCUT2D eigenvalue weighted by Gasteiger charge is -2.37. The van der Waals surface area contributed by atoms with Crippen molar-refractivity contribution in [3.8, 4) is 0 Å². The molecule has 2 fully saturated rings. The van der Waals surface area contributed by atoms with Crippen molar-refractivity contribution in [2.75, 3.05) is 7.05 Å². The number of carboxylic acids is 1. The van der Waals surface area contributed by atoms with E-state index in [-0.39, 0.29) is 6.04 Å². The number of rotatable bonds is 4. The molecule has 0 heterocycles. The Bertz CT molecular complexity index is 263. The lowest BCUT2D eigenvalue weighted by molar-refractivity contribution is -0.145. The van der Waals surface area contributed by atoms with Crippen LogP contribution in [0.2, 0.25) is 0 Å². The molecule has 92 valence electrons. The maximum absolute atomic E-state index is 11.3. The summed E-state index contributed by atoms with van der Waals surface area (Å²) < 4.78 is 0. The lowest BCUT2D eigenvalue weighted by atomic mass is 9.85. The number of carbonyl (C=O) groups is 1. The van der Waals surface area contributed by atoms with Crippen LogP contribution in [-0.4, -0.2) is 35.1 Å². The fourth-order valence-electron chi connectivity index (χ4n) is 3.12. The highest BCUT2D eigenvalue weighted by Crippen LogP contribution is 2.38. The van der Waals surface area contributed by atoms with Crippen molar-refractivity contribution in [1.29, 1.82) is 0 Å². The molecule has 0 aliphatic heterocycles. The van der Waals surface area contributed by atoms with Crippen LogP contribution in [0.3, 0.4) is 0 Å². The molecule has 3 nitrogen and oxygen atoms in total. The van der Waals surface area contributed by atoms with E-state index in [0.29, 0.717) is 12.0 Å². The van der Waals surface area contributed by atoms with Crippen LogP contribution in [-0.2, 0) is 4.79 Å². The molecule has 3 unspecified atom stereocenters. The summed E-state index contributed by atoms with van der Waals surface area (Å²) in [6.07, 6.45) is 7.12. The van der Waals surface area contributed by atoms with E-state index in [1.54, 1.807) is 0 Å². The highest BCUT2D eigenvalue weighted by molar-refractivity contribution is 5.74. The van der Waals surface area contributed by atoms with E-state index in [4.69, 9.17) is 0 Å². The van der Waals surface area contributed by atoms with E-state index >= 15 is 0 Å². The van der Waals surface area contributed by atoms with Gasteiger partial charge >= 0.3 is 5.97 Å². The van der Waals surface area contributed by atoms with Gasteiger partial charge in [0.1, 0.15) is 6.04 Å². The van der Waals surface area contributed by atoms with Gasteiger partial charge in [0.2, 0.25) is 0 Å². The van der Waals surface area contributed by atoms with Crippen molar-refractivity contribution >= 4 is 5.97 Å². The van der Waals surface area contributed by atoms with Gasteiger partial charge in [-0.15, -0.1) is 0 Å². The number of aliphatic carboxylic acids is 1. The van der Waals surface area contributed by atoms with Gasteiger partial charge in [-0.3, -0.25) is 9.69 Å². The van der Waals surface area contributed by atoms with Crippen molar-refractivity contribution < 1.29 is 9.90 Å². The third-order valence-corrected chi connectivity index (χ3v) is 4.25. The Morgan fingerprint density at radius 1 is 1.31 bits per heavy atom. The number of nitrogens with zero attached hydrogens (tertiary/aromatic N) is 1. The minimum absolute atomic E-state index is 0.227. The molecule has 0 aromatic heterocycles. The Morgan fingerprint density at radius 3 is 2.50 bits per heavy atom. The first-order chi connectivity index (χ1) is 7.59. The standard InChI is InChI=1S/C13H23NO2/c1-9-4-3-5-11(8-9)14(2)12(13(15)16)10-6-7-10/h9-12H,3-8H2,1-2H3,(H,15,16). The average molecular weight is 225 g/mol. The summed E-state index contributed by atoms with van der Waals surface area (Å²) in [5.74, 6) is 0.554. The molecule has 2 rings (SSSR count). The van der Waals surface area contributed by atoms with Gasteiger partial charge in [-0.25, -0.2) is 0 Å². The molecule has 0 bridgehead atoms. The van der Waals surface area contributed by atoms with Gasteiger partial charge in [-0.1, -0.05) is 19.8 Å². The van der Waals surface area contributed by atoms with Crippen molar-refractivity contribution in [3.05, 3.63) is 0 Å². The topological polar surface area (TPSA) is 40.5 Å². The predicted molar refractivity (Wildman–Crippen MR) is 63.3 cm³/mol. The normalized spacial score (nSPS) is 32.7. The Balaban J connectivity index is 1.98. The van der Waals surface area contributed by atoms with Gasteiger partial charge < -0.3 is 5.11 Å². The zero-order valence-electron chi connectivity index (χ0n) is 10.4. The minimum Gasteiger partial charge on any atom is -0.480 e. The SMILES string of the molecule is CC1CCCC(N(C)C(C(=O)O)C2CC2)C1. The molecule has 0 radical (unpaired) electrons. The molecule has 2 aliphatic rings. The van der Waals surface area contributed by atoms with E-state index in [1.807, 2.05) is 7.05 Å². The first-order valence-electron chi connectivity index (χ1n) is 6.54. The Labute approximate surface area is 97.8 Å². The van der Waals surface area contributed by atoms with Crippen molar-refractivity contribution in [3.63, 3.8) is 0 Å². The van der Waals surface area contributed by atoms with Gasteiger partial charge in [0, 0.05) is 6.04 Å². The van der Waals surface area contributed by atoms with Gasteiger partial charge in [0.05, 0.1) is 0 Å². The van der Waals surface area contributed by atoms with E-state index in [0.717, 1.165) is 18.8 Å². The predicted octanol–water partition coefficient (Wildman–Crippen LogP) is 2.36. The maximum Gasteiger partial charge on any atom is 0.321 e. The van der Waals surface area contributed by atoms with E-state index < -0.39 is 5.97 Å². The molecule has 0 spiro atoms. The Morgan fingerprint density at radius 2 is 2.00 bits per heavy atom. The van der Waals surface area contributed by atoms with Crippen LogP contribution >= 0.6 is 0 Å². The third kappa shape index (κ3) is 2.57. The summed E-state index contributed by atoms with van der Waals surface area (Å²) in [6.45, 7) is 2.28. The average Bonchev–Trinajstić information content (AvgIpc) is 3.01. The minimum atomic E-state index is -0.622. The maximum atomic E-state index is 11.3. The fourth-order valence-corrected chi connectivity index (χ4v) is 3.12. The molecule has 16 heavy (non-hydrogen) atoms. The van der Waals surface area contributed by atoms with Crippen LogP contribution in [0.25, 0.3) is 0 Å². The summed E-state index contributed by atoms with van der Waals surface area (Å²) in [6, 6.07) is 0.265. The second-order valence-corrected chi connectivity index (χ2v) is 5.71. The van der Waals surface area contributed by atoms with E-state index in [9.17, 15) is 9.90 Å². The molecule has 1 N–H and O–H groups in total. The molecule has 2 aliphatic carbocycles. The zero-order valence-corrected chi connectivity index (χ0v) is 10.4. The molecular weight excluding hydrogens is 202 g/mol. The number of likely N-dealkylation sites (N-methyl/N-ethyl adjacent to an activating group) is 1. The lowest BCUT2D eigenvalue weighted by Crippen LogP contribution is -2.47. The number of carboxylic acid groups (broad SMARTS) is 1. The monoisotopic (exact) mass is 225 g/mol. The van der Waals surface area contributed by atoms with Gasteiger partial charge in [0.25, 0.3) is 0 Å². The van der Waals surface area contributed by atoms with Crippen LogP contribution in [0.15, 0.2) is 0 Å². The van der Waals surface area contributed by atoms with Crippen molar-refractivity contribution in [2.45, 2.75) is 57.5 Å². The molecular formula is C13H23NO2. The summed E-state index contributed by atoms with van der Waals surface area (Å²) >= 11 is 0. The number of hydrogen-bond donors (Lipinski definition) is 1. The quantitative estimate of drug-likeness (QED) is 0.798. The second-order valence-electron chi connectivity index (χ2n) is 5.71. The molecule has 3 atom stereocenters. The van der Waals surface area contributed by atoms with Crippen LogP contribution in [0.4, 0.5) is 0 Å². The van der Waals surface area contributed by atoms with Crippen LogP contribution < -0.4 is 0 Å². The molecule has 0 saturated heterocycles. The van der Waals surface area contributed by atoms with Crippen molar-refractivity contribution in [2.24, 2.45) is 11.8 Å². The highest BCUT2D eigenvalue weighted by Gasteiger charge is 2.41. The smallest absolute Gasteiger partial charge is 0.321 e. The molecule has 2 saturated carbocycles. The van der Waals surface area contributed by atoms with Gasteiger partial charge in [0.15, 0.2) is 0 Å². The summed E-state index contributed by atoms with van der Waals surface area (Å²) in [4.78, 5) is 13.5. The van der Waals surface area contributed by atoms with Crippen LogP contribution in [0.5, 0.6) is 0 Å². The molecule has 3 heteroatoms. The first kappa shape index (κ1) is 11.9. The number of hydrogen-bond acceptors (Lipinski definition) is 2. The summed E-state index contributed by atoms with van der Waals surface area (Å²) in [5, 5.41) is 9.31. The molecule has 0 amide bonds. The fraction of sp³-hybridized carbons (Fsp3) is 0.923. The van der Waals surface area contributed by atoms with Crippen LogP contribution in [0.1, 0.15) is 45.4 Å². The molecule has 0 aromatic rings. The largest absolute Gasteiger partial charge is 0.480 e. The summed E-state index contributed by atoms with van der Waals surface area (Å²) in [7, 11) is 2.01. The third-order valence-electron chi connectivity index (χ3n) is 4.25. The Hall–Kier alpha value is -0.570. The van der Waals surface area contributed by atoms with E-state index in [2.05, 4.69) is 11.8 Å². The highest BCUT2D eigenvalue weighted by atomic mass is 16.4. The zero-order chi connectivity index (χ0) is 11.7. The second kappa shape index (κ2) is 4.74. The van der Waals surface area contributed by atoms with Crippen molar-refractivity contribution in [1.82, 2.24) is 4.90 Å².